The molecule has 0 spiro atoms. The van der Waals surface area contributed by atoms with Gasteiger partial charge in [0.1, 0.15) is 5.75 Å². The van der Waals surface area contributed by atoms with Crippen LogP contribution in [0.2, 0.25) is 0 Å². The van der Waals surface area contributed by atoms with Gasteiger partial charge in [0, 0.05) is 23.9 Å². The Bertz CT molecular complexity index is 811. The average Bonchev–Trinajstić information content (AvgIpc) is 2.65. The third-order valence-corrected chi connectivity index (χ3v) is 6.74. The van der Waals surface area contributed by atoms with Gasteiger partial charge in [0.05, 0.1) is 11.5 Å². The minimum absolute atomic E-state index is 0.394. The van der Waals surface area contributed by atoms with E-state index in [0.717, 1.165) is 55.0 Å². The van der Waals surface area contributed by atoms with Crippen molar-refractivity contribution in [3.63, 3.8) is 0 Å². The molecule has 0 amide bonds. The first-order chi connectivity index (χ1) is 12.1. The molecule has 5 heteroatoms. The SMILES string of the molecule is CCCCCOc1ccc(S(=O)(=O)N2CCCCC2)c2ccccc12. The maximum Gasteiger partial charge on any atom is 0.243 e. The second-order valence-corrected chi connectivity index (χ2v) is 8.53. The van der Waals surface area contributed by atoms with Crippen LogP contribution < -0.4 is 4.74 Å². The second-order valence-electron chi connectivity index (χ2n) is 6.63. The Labute approximate surface area is 150 Å². The van der Waals surface area contributed by atoms with Crippen molar-refractivity contribution in [1.82, 2.24) is 4.31 Å². The molecule has 2 aromatic carbocycles. The van der Waals surface area contributed by atoms with Crippen LogP contribution in [0, 0.1) is 0 Å². The Morgan fingerprint density at radius 3 is 2.40 bits per heavy atom. The van der Waals surface area contributed by atoms with Gasteiger partial charge in [-0.15, -0.1) is 0 Å². The smallest absolute Gasteiger partial charge is 0.243 e. The molecule has 0 aromatic heterocycles. The molecule has 0 N–H and O–H groups in total. The highest BCUT2D eigenvalue weighted by Gasteiger charge is 2.28. The number of nitrogens with zero attached hydrogens (tertiary/aromatic N) is 1. The van der Waals surface area contributed by atoms with Crippen LogP contribution in [0.1, 0.15) is 45.4 Å². The normalized spacial score (nSPS) is 16.2. The van der Waals surface area contributed by atoms with Gasteiger partial charge in [-0.2, -0.15) is 4.31 Å². The Kier molecular flexibility index (Phi) is 5.97. The molecule has 1 fully saturated rings. The lowest BCUT2D eigenvalue weighted by Crippen LogP contribution is -2.35. The molecule has 0 bridgehead atoms. The Morgan fingerprint density at radius 2 is 1.68 bits per heavy atom. The predicted molar refractivity (Wildman–Crippen MR) is 102 cm³/mol. The van der Waals surface area contributed by atoms with Crippen molar-refractivity contribution in [2.75, 3.05) is 19.7 Å². The van der Waals surface area contributed by atoms with E-state index in [4.69, 9.17) is 4.74 Å². The van der Waals surface area contributed by atoms with E-state index >= 15 is 0 Å². The van der Waals surface area contributed by atoms with Crippen molar-refractivity contribution in [2.45, 2.75) is 50.3 Å². The van der Waals surface area contributed by atoms with E-state index < -0.39 is 10.0 Å². The fourth-order valence-corrected chi connectivity index (χ4v) is 5.09. The van der Waals surface area contributed by atoms with E-state index in [1.54, 1.807) is 10.4 Å². The van der Waals surface area contributed by atoms with E-state index in [0.29, 0.717) is 24.6 Å². The van der Waals surface area contributed by atoms with Crippen LogP contribution >= 0.6 is 0 Å². The molecule has 3 rings (SSSR count). The lowest BCUT2D eigenvalue weighted by molar-refractivity contribution is 0.309. The second kappa shape index (κ2) is 8.19. The first-order valence-electron chi connectivity index (χ1n) is 9.29. The van der Waals surface area contributed by atoms with Crippen LogP contribution in [0.3, 0.4) is 0 Å². The van der Waals surface area contributed by atoms with Crippen molar-refractivity contribution in [2.24, 2.45) is 0 Å². The Balaban J connectivity index is 1.94. The molecule has 1 aliphatic rings. The van der Waals surface area contributed by atoms with E-state index in [1.807, 2.05) is 30.3 Å². The molecule has 25 heavy (non-hydrogen) atoms. The zero-order valence-electron chi connectivity index (χ0n) is 14.9. The maximum atomic E-state index is 13.1. The van der Waals surface area contributed by atoms with Gasteiger partial charge >= 0.3 is 0 Å². The number of hydrogen-bond donors (Lipinski definition) is 0. The fraction of sp³-hybridized carbons (Fsp3) is 0.500. The lowest BCUT2D eigenvalue weighted by atomic mass is 10.1. The monoisotopic (exact) mass is 361 g/mol. The minimum Gasteiger partial charge on any atom is -0.493 e. The number of unbranched alkanes of at least 4 members (excludes halogenated alkanes) is 2. The van der Waals surface area contributed by atoms with Gasteiger partial charge in [-0.3, -0.25) is 0 Å². The summed E-state index contributed by atoms with van der Waals surface area (Å²) in [6.07, 6.45) is 6.29. The predicted octanol–water partition coefficient (Wildman–Crippen LogP) is 4.58. The Hall–Kier alpha value is -1.59. The number of piperidine rings is 1. The molecule has 1 heterocycles. The molecular weight excluding hydrogens is 334 g/mol. The molecule has 136 valence electrons. The zero-order valence-corrected chi connectivity index (χ0v) is 15.7. The quantitative estimate of drug-likeness (QED) is 0.678. The van der Waals surface area contributed by atoms with Crippen LogP contribution in [-0.4, -0.2) is 32.4 Å². The number of benzene rings is 2. The van der Waals surface area contributed by atoms with Gasteiger partial charge in [0.2, 0.25) is 10.0 Å². The van der Waals surface area contributed by atoms with Gasteiger partial charge in [0.15, 0.2) is 0 Å². The van der Waals surface area contributed by atoms with Crippen LogP contribution in [0.4, 0.5) is 0 Å². The van der Waals surface area contributed by atoms with E-state index in [1.165, 1.54) is 0 Å². The van der Waals surface area contributed by atoms with Crippen LogP contribution in [0.15, 0.2) is 41.3 Å². The molecule has 0 unspecified atom stereocenters. The van der Waals surface area contributed by atoms with Gasteiger partial charge < -0.3 is 4.74 Å². The topological polar surface area (TPSA) is 46.6 Å². The number of hydrogen-bond acceptors (Lipinski definition) is 3. The van der Waals surface area contributed by atoms with E-state index in [2.05, 4.69) is 6.92 Å². The zero-order chi connectivity index (χ0) is 17.7. The van der Waals surface area contributed by atoms with Crippen molar-refractivity contribution in [3.05, 3.63) is 36.4 Å². The highest BCUT2D eigenvalue weighted by Crippen LogP contribution is 2.33. The van der Waals surface area contributed by atoms with E-state index in [9.17, 15) is 8.42 Å². The molecule has 0 saturated carbocycles. The van der Waals surface area contributed by atoms with Crippen molar-refractivity contribution in [3.8, 4) is 5.75 Å². The van der Waals surface area contributed by atoms with E-state index in [-0.39, 0.29) is 0 Å². The fourth-order valence-electron chi connectivity index (χ4n) is 3.37. The molecule has 0 atom stereocenters. The summed E-state index contributed by atoms with van der Waals surface area (Å²) in [7, 11) is -3.46. The largest absolute Gasteiger partial charge is 0.493 e. The number of fused-ring (bicyclic) bond motifs is 1. The number of rotatable bonds is 7. The summed E-state index contributed by atoms with van der Waals surface area (Å²) in [5, 5.41) is 1.62. The summed E-state index contributed by atoms with van der Waals surface area (Å²) in [5.41, 5.74) is 0. The molecule has 4 nitrogen and oxygen atoms in total. The summed E-state index contributed by atoms with van der Waals surface area (Å²) in [5.74, 6) is 0.768. The van der Waals surface area contributed by atoms with Crippen molar-refractivity contribution >= 4 is 20.8 Å². The van der Waals surface area contributed by atoms with Gasteiger partial charge in [-0.1, -0.05) is 50.5 Å². The summed E-state index contributed by atoms with van der Waals surface area (Å²) >= 11 is 0. The lowest BCUT2D eigenvalue weighted by Gasteiger charge is -2.26. The first kappa shape index (κ1) is 18.2. The van der Waals surface area contributed by atoms with Gasteiger partial charge in [0.25, 0.3) is 0 Å². The standard InChI is InChI=1S/C20H27NO3S/c1-2-3-9-16-24-19-12-13-20(18-11-6-5-10-17(18)19)25(22,23)21-14-7-4-8-15-21/h5-6,10-13H,2-4,7-9,14-16H2,1H3. The van der Waals surface area contributed by atoms with Gasteiger partial charge in [-0.25, -0.2) is 8.42 Å². The minimum atomic E-state index is -3.46. The molecule has 2 aromatic rings. The summed E-state index contributed by atoms with van der Waals surface area (Å²) in [6.45, 7) is 4.06. The van der Waals surface area contributed by atoms with Crippen LogP contribution in [0.25, 0.3) is 10.8 Å². The van der Waals surface area contributed by atoms with Crippen LogP contribution in [0.5, 0.6) is 5.75 Å². The summed E-state index contributed by atoms with van der Waals surface area (Å²) in [6, 6.07) is 11.2. The molecule has 0 radical (unpaired) electrons. The third-order valence-electron chi connectivity index (χ3n) is 4.78. The Morgan fingerprint density at radius 1 is 0.960 bits per heavy atom. The average molecular weight is 362 g/mol. The number of sulfonamides is 1. The summed E-state index contributed by atoms with van der Waals surface area (Å²) in [4.78, 5) is 0.394. The van der Waals surface area contributed by atoms with Crippen molar-refractivity contribution < 1.29 is 13.2 Å². The van der Waals surface area contributed by atoms with Crippen molar-refractivity contribution in [1.29, 1.82) is 0 Å². The van der Waals surface area contributed by atoms with Gasteiger partial charge in [-0.05, 0) is 31.4 Å². The first-order valence-corrected chi connectivity index (χ1v) is 10.7. The molecular formula is C20H27NO3S. The summed E-state index contributed by atoms with van der Waals surface area (Å²) < 4.78 is 33.7. The maximum absolute atomic E-state index is 13.1. The van der Waals surface area contributed by atoms with Crippen LogP contribution in [-0.2, 0) is 10.0 Å². The molecule has 1 aliphatic heterocycles. The molecule has 1 saturated heterocycles. The third kappa shape index (κ3) is 3.98. The highest BCUT2D eigenvalue weighted by molar-refractivity contribution is 7.89. The molecule has 0 aliphatic carbocycles. The highest BCUT2D eigenvalue weighted by atomic mass is 32.2. The number of ether oxygens (including phenoxy) is 1.